The fourth-order valence-corrected chi connectivity index (χ4v) is 10.0. The lowest BCUT2D eigenvalue weighted by molar-refractivity contribution is 0.776. The average Bonchev–Trinajstić information content (AvgIpc) is 3.84. The standard InChI is InChI=1S/C58H43N3/c1-3-13-40(14-4-1)41-23-29-47(30-24-41)59(50-35-36-53-51-19-9-11-21-55(51)60(58(53)39-50)46-17-5-2-6-18-46)48-31-25-42(26-32-48)43-27-33-49(34-28-43)61-56-22-12-10-20-52(56)54-37-44-15-7-8-16-45(44)38-57(54)61/h1-23,25-34,36-39,41,50H,24,35H2. The molecule has 0 saturated carbocycles. The number of anilines is 1. The van der Waals surface area contributed by atoms with Gasteiger partial charge in [0.2, 0.25) is 0 Å². The molecule has 0 radical (unpaired) electrons. The van der Waals surface area contributed by atoms with E-state index in [1.165, 1.54) is 87.8 Å². The molecule has 2 unspecified atom stereocenters. The molecule has 0 fully saturated rings. The highest BCUT2D eigenvalue weighted by Gasteiger charge is 2.25. The summed E-state index contributed by atoms with van der Waals surface area (Å²) in [6.45, 7) is 0. The summed E-state index contributed by atoms with van der Waals surface area (Å²) in [5.74, 6) is 0.369. The molecular formula is C58H43N3. The van der Waals surface area contributed by atoms with Gasteiger partial charge < -0.3 is 14.0 Å². The molecule has 2 aliphatic carbocycles. The molecule has 0 amide bonds. The van der Waals surface area contributed by atoms with E-state index in [1.807, 2.05) is 0 Å². The fourth-order valence-electron chi connectivity index (χ4n) is 10.0. The summed E-state index contributed by atoms with van der Waals surface area (Å²) in [4.78, 5) is 2.56. The maximum absolute atomic E-state index is 2.56. The van der Waals surface area contributed by atoms with Crippen LogP contribution in [-0.4, -0.2) is 15.2 Å². The van der Waals surface area contributed by atoms with Gasteiger partial charge in [-0.15, -0.1) is 0 Å². The van der Waals surface area contributed by atoms with Crippen molar-refractivity contribution >= 4 is 61.3 Å². The molecule has 0 saturated heterocycles. The molecule has 8 aromatic carbocycles. The van der Waals surface area contributed by atoms with Gasteiger partial charge in [-0.25, -0.2) is 0 Å². The number of hydrogen-bond acceptors (Lipinski definition) is 1. The van der Waals surface area contributed by atoms with Gasteiger partial charge in [0.15, 0.2) is 0 Å². The van der Waals surface area contributed by atoms with Crippen LogP contribution in [-0.2, 0) is 0 Å². The van der Waals surface area contributed by atoms with Gasteiger partial charge in [-0.3, -0.25) is 0 Å². The fraction of sp³-hybridized carbons (Fsp3) is 0.0690. The second-order valence-corrected chi connectivity index (χ2v) is 16.4. The van der Waals surface area contributed by atoms with Crippen molar-refractivity contribution in [2.45, 2.75) is 24.8 Å². The summed E-state index contributed by atoms with van der Waals surface area (Å²) in [7, 11) is 0. The summed E-state index contributed by atoms with van der Waals surface area (Å²) >= 11 is 0. The van der Waals surface area contributed by atoms with Crippen LogP contribution in [0.1, 0.15) is 24.3 Å². The minimum absolute atomic E-state index is 0.122. The summed E-state index contributed by atoms with van der Waals surface area (Å²) in [6, 6.07) is 71.0. The molecule has 0 spiro atoms. The molecule has 2 atom stereocenters. The predicted octanol–water partition coefficient (Wildman–Crippen LogP) is 13.0. The Balaban J connectivity index is 0.923. The lowest BCUT2D eigenvalue weighted by Crippen LogP contribution is -2.41. The van der Waals surface area contributed by atoms with Gasteiger partial charge in [-0.05, 0) is 113 Å². The first kappa shape index (κ1) is 35.3. The predicted molar refractivity (Wildman–Crippen MR) is 257 cm³/mol. The van der Waals surface area contributed by atoms with E-state index in [0.717, 1.165) is 18.5 Å². The summed E-state index contributed by atoms with van der Waals surface area (Å²) in [5.41, 5.74) is 12.2. The normalized spacial score (nSPS) is 16.0. The highest BCUT2D eigenvalue weighted by molar-refractivity contribution is 6.13. The van der Waals surface area contributed by atoms with Gasteiger partial charge in [0.05, 0.1) is 27.9 Å². The molecule has 2 heterocycles. The van der Waals surface area contributed by atoms with Crippen LogP contribution >= 0.6 is 0 Å². The van der Waals surface area contributed by atoms with Gasteiger partial charge in [0.25, 0.3) is 0 Å². The first-order valence-corrected chi connectivity index (χ1v) is 21.5. The van der Waals surface area contributed by atoms with Crippen molar-refractivity contribution < 1.29 is 0 Å². The molecule has 3 heteroatoms. The number of fused-ring (bicyclic) bond motifs is 7. The molecule has 12 rings (SSSR count). The topological polar surface area (TPSA) is 13.1 Å². The Morgan fingerprint density at radius 1 is 0.459 bits per heavy atom. The minimum atomic E-state index is 0.122. The van der Waals surface area contributed by atoms with Crippen molar-refractivity contribution in [1.82, 2.24) is 9.13 Å². The zero-order valence-corrected chi connectivity index (χ0v) is 33.8. The van der Waals surface area contributed by atoms with E-state index in [2.05, 4.69) is 239 Å². The van der Waals surface area contributed by atoms with Gasteiger partial charge >= 0.3 is 0 Å². The van der Waals surface area contributed by atoms with Crippen LogP contribution in [0.15, 0.2) is 218 Å². The molecule has 10 aromatic rings. The SMILES string of the molecule is C1=CC(c2ccccc2)CC=C1N(c1ccc(-c2ccc(-n3c4ccccc4c4cc5ccccc5cc43)cc2)cc1)C1C=c2c(c3ccccc3n2-c2ccccc2)=CC1. The van der Waals surface area contributed by atoms with Crippen molar-refractivity contribution in [3.05, 3.63) is 234 Å². The molecule has 0 N–H and O–H groups in total. The summed E-state index contributed by atoms with van der Waals surface area (Å²) in [5, 5.41) is 8.95. The van der Waals surface area contributed by atoms with E-state index in [9.17, 15) is 0 Å². The summed E-state index contributed by atoms with van der Waals surface area (Å²) in [6.07, 6.45) is 14.0. The number of aromatic nitrogens is 2. The highest BCUT2D eigenvalue weighted by Crippen LogP contribution is 2.37. The van der Waals surface area contributed by atoms with Gasteiger partial charge in [0.1, 0.15) is 0 Å². The summed E-state index contributed by atoms with van der Waals surface area (Å²) < 4.78 is 4.85. The third-order valence-corrected chi connectivity index (χ3v) is 12.9. The van der Waals surface area contributed by atoms with Crippen molar-refractivity contribution in [3.63, 3.8) is 0 Å². The Morgan fingerprint density at radius 2 is 1.07 bits per heavy atom. The maximum atomic E-state index is 2.56. The lowest BCUT2D eigenvalue weighted by atomic mass is 9.91. The zero-order valence-electron chi connectivity index (χ0n) is 33.8. The van der Waals surface area contributed by atoms with Crippen LogP contribution in [0.3, 0.4) is 0 Å². The molecule has 3 nitrogen and oxygen atoms in total. The molecule has 2 aliphatic rings. The van der Waals surface area contributed by atoms with Crippen molar-refractivity contribution in [3.8, 4) is 22.5 Å². The van der Waals surface area contributed by atoms with Crippen LogP contribution in [0, 0.1) is 0 Å². The molecule has 290 valence electrons. The number of nitrogens with zero attached hydrogens (tertiary/aromatic N) is 3. The second kappa shape index (κ2) is 14.6. The number of benzene rings is 8. The van der Waals surface area contributed by atoms with Crippen molar-refractivity contribution in [1.29, 1.82) is 0 Å². The van der Waals surface area contributed by atoms with Crippen LogP contribution in [0.2, 0.25) is 0 Å². The van der Waals surface area contributed by atoms with Crippen LogP contribution < -0.4 is 15.5 Å². The Kier molecular flexibility index (Phi) is 8.45. The third-order valence-electron chi connectivity index (χ3n) is 12.9. The van der Waals surface area contributed by atoms with Crippen molar-refractivity contribution in [2.24, 2.45) is 0 Å². The minimum Gasteiger partial charge on any atom is -0.334 e. The molecule has 61 heavy (non-hydrogen) atoms. The average molecular weight is 782 g/mol. The van der Waals surface area contributed by atoms with Crippen LogP contribution in [0.4, 0.5) is 5.69 Å². The number of allylic oxidation sites excluding steroid dienone is 3. The van der Waals surface area contributed by atoms with E-state index in [4.69, 9.17) is 0 Å². The number of rotatable bonds is 7. The number of hydrogen-bond donors (Lipinski definition) is 0. The van der Waals surface area contributed by atoms with Gasteiger partial charge in [-0.1, -0.05) is 152 Å². The number of para-hydroxylation sites is 3. The Morgan fingerprint density at radius 3 is 1.79 bits per heavy atom. The monoisotopic (exact) mass is 781 g/mol. The van der Waals surface area contributed by atoms with E-state index in [0.29, 0.717) is 5.92 Å². The van der Waals surface area contributed by atoms with Crippen molar-refractivity contribution in [2.75, 3.05) is 4.90 Å². The smallest absolute Gasteiger partial charge is 0.0580 e. The van der Waals surface area contributed by atoms with Crippen LogP contribution in [0.5, 0.6) is 0 Å². The van der Waals surface area contributed by atoms with E-state index in [-0.39, 0.29) is 6.04 Å². The Labute approximate surface area is 355 Å². The van der Waals surface area contributed by atoms with E-state index >= 15 is 0 Å². The molecule has 0 bridgehead atoms. The van der Waals surface area contributed by atoms with E-state index < -0.39 is 0 Å². The first-order chi connectivity index (χ1) is 30.2. The molecule has 2 aromatic heterocycles. The first-order valence-electron chi connectivity index (χ1n) is 21.5. The third kappa shape index (κ3) is 6.04. The molecule has 0 aliphatic heterocycles. The molecular weight excluding hydrogens is 739 g/mol. The quantitative estimate of drug-likeness (QED) is 0.157. The zero-order chi connectivity index (χ0) is 40.3. The van der Waals surface area contributed by atoms with E-state index in [1.54, 1.807) is 0 Å². The largest absolute Gasteiger partial charge is 0.334 e. The lowest BCUT2D eigenvalue weighted by Gasteiger charge is -2.35. The van der Waals surface area contributed by atoms with Crippen LogP contribution in [0.25, 0.3) is 78.1 Å². The maximum Gasteiger partial charge on any atom is 0.0580 e. The van der Waals surface area contributed by atoms with Gasteiger partial charge in [-0.2, -0.15) is 0 Å². The second-order valence-electron chi connectivity index (χ2n) is 16.4. The highest BCUT2D eigenvalue weighted by atomic mass is 15.2. The Bertz CT molecular complexity index is 3460. The Hall–Kier alpha value is -7.62. The van der Waals surface area contributed by atoms with Gasteiger partial charge in [0, 0.05) is 50.1 Å².